The molecule has 0 saturated carbocycles. The summed E-state index contributed by atoms with van der Waals surface area (Å²) in [5, 5.41) is 0. The SMILES string of the molecule is CCCCCCCCC(CS)C(OC(C)C)(OC(C)C)OC(C)C. The van der Waals surface area contributed by atoms with Gasteiger partial charge in [-0.05, 0) is 48.0 Å². The molecule has 1 atom stereocenters. The van der Waals surface area contributed by atoms with Gasteiger partial charge in [0.05, 0.1) is 18.3 Å². The van der Waals surface area contributed by atoms with Gasteiger partial charge in [-0.15, -0.1) is 0 Å². The van der Waals surface area contributed by atoms with E-state index in [0.29, 0.717) is 5.75 Å². The van der Waals surface area contributed by atoms with Crippen molar-refractivity contribution in [3.63, 3.8) is 0 Å². The van der Waals surface area contributed by atoms with E-state index in [4.69, 9.17) is 14.2 Å². The number of unbranched alkanes of at least 4 members (excludes halogenated alkanes) is 5. The van der Waals surface area contributed by atoms with E-state index >= 15 is 0 Å². The summed E-state index contributed by atoms with van der Waals surface area (Å²) in [5.41, 5.74) is 0. The van der Waals surface area contributed by atoms with Crippen LogP contribution in [-0.2, 0) is 14.2 Å². The van der Waals surface area contributed by atoms with E-state index in [1.165, 1.54) is 38.5 Å². The predicted molar refractivity (Wildman–Crippen MR) is 107 cm³/mol. The Bertz CT molecular complexity index is 266. The number of ether oxygens (including phenoxy) is 3. The highest BCUT2D eigenvalue weighted by atomic mass is 32.1. The van der Waals surface area contributed by atoms with E-state index < -0.39 is 5.97 Å². The summed E-state index contributed by atoms with van der Waals surface area (Å²) in [7, 11) is 0. The molecular formula is C20H42O3S. The Morgan fingerprint density at radius 1 is 0.708 bits per heavy atom. The minimum atomic E-state index is -0.998. The quantitative estimate of drug-likeness (QED) is 0.213. The molecule has 0 aliphatic rings. The topological polar surface area (TPSA) is 27.7 Å². The van der Waals surface area contributed by atoms with Crippen LogP contribution < -0.4 is 0 Å². The molecule has 0 spiro atoms. The van der Waals surface area contributed by atoms with Crippen LogP contribution in [0.1, 0.15) is 93.4 Å². The minimum Gasteiger partial charge on any atom is -0.324 e. The summed E-state index contributed by atoms with van der Waals surface area (Å²) in [6, 6.07) is 0. The van der Waals surface area contributed by atoms with E-state index in [-0.39, 0.29) is 24.2 Å². The highest BCUT2D eigenvalue weighted by molar-refractivity contribution is 7.80. The smallest absolute Gasteiger partial charge is 0.287 e. The molecule has 0 amide bonds. The molecule has 4 heteroatoms. The van der Waals surface area contributed by atoms with Gasteiger partial charge >= 0.3 is 0 Å². The van der Waals surface area contributed by atoms with Gasteiger partial charge in [0.25, 0.3) is 5.97 Å². The minimum absolute atomic E-state index is 0.0365. The van der Waals surface area contributed by atoms with Crippen LogP contribution in [0.2, 0.25) is 0 Å². The number of hydrogen-bond acceptors (Lipinski definition) is 4. The van der Waals surface area contributed by atoms with Crippen molar-refractivity contribution in [2.75, 3.05) is 5.75 Å². The summed E-state index contributed by atoms with van der Waals surface area (Å²) >= 11 is 4.59. The Hall–Kier alpha value is 0.230. The van der Waals surface area contributed by atoms with Crippen molar-refractivity contribution in [2.45, 2.75) is 118 Å². The van der Waals surface area contributed by atoms with Crippen molar-refractivity contribution in [3.05, 3.63) is 0 Å². The van der Waals surface area contributed by atoms with E-state index in [1.807, 2.05) is 41.5 Å². The molecule has 0 radical (unpaired) electrons. The number of rotatable bonds is 15. The molecule has 0 saturated heterocycles. The van der Waals surface area contributed by atoms with Gasteiger partial charge in [-0.2, -0.15) is 12.6 Å². The predicted octanol–water partition coefficient (Wildman–Crippen LogP) is 6.21. The first-order valence-electron chi connectivity index (χ1n) is 9.91. The third-order valence-corrected chi connectivity index (χ3v) is 4.27. The Labute approximate surface area is 156 Å². The number of hydrogen-bond donors (Lipinski definition) is 1. The van der Waals surface area contributed by atoms with E-state index in [9.17, 15) is 0 Å². The largest absolute Gasteiger partial charge is 0.324 e. The fourth-order valence-electron chi connectivity index (χ4n) is 2.91. The van der Waals surface area contributed by atoms with Crippen LogP contribution in [0.25, 0.3) is 0 Å². The van der Waals surface area contributed by atoms with Crippen molar-refractivity contribution < 1.29 is 14.2 Å². The molecule has 0 aliphatic heterocycles. The van der Waals surface area contributed by atoms with Crippen molar-refractivity contribution in [3.8, 4) is 0 Å². The Morgan fingerprint density at radius 3 is 1.50 bits per heavy atom. The molecule has 24 heavy (non-hydrogen) atoms. The van der Waals surface area contributed by atoms with Gasteiger partial charge in [0, 0.05) is 11.7 Å². The van der Waals surface area contributed by atoms with Crippen LogP contribution in [0.5, 0.6) is 0 Å². The third kappa shape index (κ3) is 10.3. The molecular weight excluding hydrogens is 320 g/mol. The van der Waals surface area contributed by atoms with Gasteiger partial charge in [0.2, 0.25) is 0 Å². The van der Waals surface area contributed by atoms with Crippen LogP contribution in [0.3, 0.4) is 0 Å². The molecule has 3 nitrogen and oxygen atoms in total. The van der Waals surface area contributed by atoms with Crippen LogP contribution in [-0.4, -0.2) is 30.0 Å². The zero-order valence-electron chi connectivity index (χ0n) is 17.1. The van der Waals surface area contributed by atoms with E-state index in [0.717, 1.165) is 6.42 Å². The lowest BCUT2D eigenvalue weighted by atomic mass is 9.98. The molecule has 146 valence electrons. The van der Waals surface area contributed by atoms with Crippen molar-refractivity contribution in [1.82, 2.24) is 0 Å². The third-order valence-electron chi connectivity index (χ3n) is 3.83. The maximum Gasteiger partial charge on any atom is 0.287 e. The standard InChI is InChI=1S/C20H42O3S/c1-8-9-10-11-12-13-14-19(15-24)20(21-16(2)3,22-17(4)5)23-18(6)7/h16-19,24H,8-15H2,1-7H3. The summed E-state index contributed by atoms with van der Waals surface area (Å²) in [6.07, 6.45) is 8.81. The van der Waals surface area contributed by atoms with Crippen molar-refractivity contribution in [2.24, 2.45) is 5.92 Å². The van der Waals surface area contributed by atoms with Crippen LogP contribution >= 0.6 is 12.6 Å². The van der Waals surface area contributed by atoms with Crippen LogP contribution in [0.15, 0.2) is 0 Å². The Balaban J connectivity index is 4.94. The van der Waals surface area contributed by atoms with Crippen LogP contribution in [0, 0.1) is 5.92 Å². The lowest BCUT2D eigenvalue weighted by molar-refractivity contribution is -0.429. The van der Waals surface area contributed by atoms with Gasteiger partial charge < -0.3 is 14.2 Å². The highest BCUT2D eigenvalue weighted by Crippen LogP contribution is 2.34. The molecule has 0 rings (SSSR count). The van der Waals surface area contributed by atoms with Crippen molar-refractivity contribution in [1.29, 1.82) is 0 Å². The van der Waals surface area contributed by atoms with Gasteiger partial charge in [-0.3, -0.25) is 0 Å². The highest BCUT2D eigenvalue weighted by Gasteiger charge is 2.44. The Morgan fingerprint density at radius 2 is 1.12 bits per heavy atom. The molecule has 0 aromatic heterocycles. The summed E-state index contributed by atoms with van der Waals surface area (Å²) < 4.78 is 18.6. The lowest BCUT2D eigenvalue weighted by Crippen LogP contribution is -2.51. The average Bonchev–Trinajstić information content (AvgIpc) is 2.44. The van der Waals surface area contributed by atoms with Gasteiger partial charge in [-0.25, -0.2) is 0 Å². The van der Waals surface area contributed by atoms with E-state index in [1.54, 1.807) is 0 Å². The fraction of sp³-hybridized carbons (Fsp3) is 1.00. The molecule has 0 aromatic rings. The zero-order valence-corrected chi connectivity index (χ0v) is 18.0. The molecule has 0 N–H and O–H groups in total. The molecule has 0 aromatic carbocycles. The van der Waals surface area contributed by atoms with Gasteiger partial charge in [0.1, 0.15) is 0 Å². The number of thiol groups is 1. The van der Waals surface area contributed by atoms with Gasteiger partial charge in [0.15, 0.2) is 0 Å². The molecule has 0 fully saturated rings. The summed E-state index contributed by atoms with van der Waals surface area (Å²) in [4.78, 5) is 0. The normalized spacial score (nSPS) is 14.1. The zero-order chi connectivity index (χ0) is 18.6. The second kappa shape index (κ2) is 13.4. The van der Waals surface area contributed by atoms with Crippen molar-refractivity contribution >= 4 is 12.6 Å². The average molecular weight is 363 g/mol. The summed E-state index contributed by atoms with van der Waals surface area (Å²) in [5.74, 6) is -0.179. The maximum absolute atomic E-state index is 6.21. The molecule has 1 unspecified atom stereocenters. The second-order valence-corrected chi connectivity index (χ2v) is 7.90. The van der Waals surface area contributed by atoms with Crippen LogP contribution in [0.4, 0.5) is 0 Å². The second-order valence-electron chi connectivity index (χ2n) is 7.54. The first kappa shape index (κ1) is 24.2. The molecule has 0 heterocycles. The fourth-order valence-corrected chi connectivity index (χ4v) is 3.31. The lowest BCUT2D eigenvalue weighted by Gasteiger charge is -2.42. The van der Waals surface area contributed by atoms with Gasteiger partial charge in [-0.1, -0.05) is 45.4 Å². The molecule has 0 bridgehead atoms. The Kier molecular flexibility index (Phi) is 13.6. The maximum atomic E-state index is 6.21. The molecule has 0 aliphatic carbocycles. The van der Waals surface area contributed by atoms with E-state index in [2.05, 4.69) is 19.6 Å². The summed E-state index contributed by atoms with van der Waals surface area (Å²) in [6.45, 7) is 14.4. The monoisotopic (exact) mass is 362 g/mol. The first-order valence-corrected chi connectivity index (χ1v) is 10.5. The first-order chi connectivity index (χ1) is 11.3.